The number of ether oxygens (including phenoxy) is 1. The lowest BCUT2D eigenvalue weighted by atomic mass is 10.2. The van der Waals surface area contributed by atoms with Crippen molar-refractivity contribution in [1.82, 2.24) is 0 Å². The molecule has 0 unspecified atom stereocenters. The zero-order valence-electron chi connectivity index (χ0n) is 18.6. The summed E-state index contributed by atoms with van der Waals surface area (Å²) in [6, 6.07) is 31.3. The van der Waals surface area contributed by atoms with E-state index in [1.54, 1.807) is 78.9 Å². The van der Waals surface area contributed by atoms with Gasteiger partial charge in [0.15, 0.2) is 5.75 Å². The van der Waals surface area contributed by atoms with Gasteiger partial charge in [-0.05, 0) is 55.5 Å². The van der Waals surface area contributed by atoms with E-state index in [4.69, 9.17) is 4.74 Å². The van der Waals surface area contributed by atoms with Gasteiger partial charge in [0.1, 0.15) is 12.3 Å². The number of hydrogen-bond acceptors (Lipinski definition) is 4. The minimum atomic E-state index is -3.98. The Balaban J connectivity index is 1.60. The van der Waals surface area contributed by atoms with Gasteiger partial charge in [0.05, 0.1) is 16.3 Å². The van der Waals surface area contributed by atoms with Gasteiger partial charge in [0.2, 0.25) is 5.91 Å². The number of para-hydroxylation sites is 4. The monoisotopic (exact) mass is 472 g/mol. The van der Waals surface area contributed by atoms with Gasteiger partial charge in [0.25, 0.3) is 10.0 Å². The third-order valence-electron chi connectivity index (χ3n) is 5.07. The molecular weight excluding hydrogens is 448 g/mol. The molecule has 0 aliphatic carbocycles. The fraction of sp³-hybridized carbons (Fsp3) is 0.0741. The number of aryl methyl sites for hydroxylation is 1. The van der Waals surface area contributed by atoms with Crippen molar-refractivity contribution in [2.45, 2.75) is 11.8 Å². The molecule has 7 heteroatoms. The Kier molecular flexibility index (Phi) is 6.94. The fourth-order valence-electron chi connectivity index (χ4n) is 3.34. The maximum Gasteiger partial charge on any atom is 0.264 e. The highest BCUT2D eigenvalue weighted by atomic mass is 32.2. The van der Waals surface area contributed by atoms with Gasteiger partial charge in [-0.15, -0.1) is 0 Å². The number of benzene rings is 4. The number of nitrogens with one attached hydrogen (secondary N) is 1. The van der Waals surface area contributed by atoms with Crippen LogP contribution < -0.4 is 14.4 Å². The van der Waals surface area contributed by atoms with E-state index in [0.29, 0.717) is 22.9 Å². The molecule has 1 N–H and O–H groups in total. The molecule has 4 aromatic rings. The molecule has 6 nitrogen and oxygen atoms in total. The van der Waals surface area contributed by atoms with Crippen LogP contribution in [0.2, 0.25) is 0 Å². The van der Waals surface area contributed by atoms with Crippen LogP contribution in [-0.4, -0.2) is 20.9 Å². The van der Waals surface area contributed by atoms with Crippen LogP contribution >= 0.6 is 0 Å². The minimum absolute atomic E-state index is 0.113. The van der Waals surface area contributed by atoms with E-state index in [0.717, 1.165) is 9.87 Å². The number of nitrogens with zero attached hydrogens (tertiary/aromatic N) is 1. The summed E-state index contributed by atoms with van der Waals surface area (Å²) in [4.78, 5) is 13.2. The van der Waals surface area contributed by atoms with Crippen molar-refractivity contribution in [3.05, 3.63) is 115 Å². The molecule has 0 aromatic heterocycles. The van der Waals surface area contributed by atoms with Crippen LogP contribution in [0.3, 0.4) is 0 Å². The minimum Gasteiger partial charge on any atom is -0.455 e. The molecule has 0 saturated carbocycles. The van der Waals surface area contributed by atoms with Gasteiger partial charge >= 0.3 is 0 Å². The Labute approximate surface area is 199 Å². The van der Waals surface area contributed by atoms with Crippen molar-refractivity contribution >= 4 is 27.3 Å². The molecule has 4 aromatic carbocycles. The first kappa shape index (κ1) is 23.1. The van der Waals surface area contributed by atoms with Crippen LogP contribution in [0, 0.1) is 6.92 Å². The number of amides is 1. The zero-order valence-corrected chi connectivity index (χ0v) is 19.4. The van der Waals surface area contributed by atoms with Crippen molar-refractivity contribution in [2.24, 2.45) is 0 Å². The first-order chi connectivity index (χ1) is 16.4. The molecule has 0 heterocycles. The summed E-state index contributed by atoms with van der Waals surface area (Å²) >= 11 is 0. The molecule has 0 bridgehead atoms. The average Bonchev–Trinajstić information content (AvgIpc) is 2.85. The van der Waals surface area contributed by atoms with Crippen LogP contribution in [0.15, 0.2) is 114 Å². The zero-order chi connectivity index (χ0) is 24.0. The van der Waals surface area contributed by atoms with E-state index in [-0.39, 0.29) is 4.90 Å². The molecule has 0 aliphatic rings. The molecule has 4 rings (SSSR count). The quantitative estimate of drug-likeness (QED) is 0.361. The maximum atomic E-state index is 13.5. The summed E-state index contributed by atoms with van der Waals surface area (Å²) in [5, 5.41) is 2.79. The normalized spacial score (nSPS) is 11.0. The molecule has 0 aliphatic heterocycles. The predicted octanol–water partition coefficient (Wildman–Crippen LogP) is 5.62. The molecule has 0 radical (unpaired) electrons. The highest BCUT2D eigenvalue weighted by Crippen LogP contribution is 2.30. The number of hydrogen-bond donors (Lipinski definition) is 1. The smallest absolute Gasteiger partial charge is 0.264 e. The highest BCUT2D eigenvalue weighted by Gasteiger charge is 2.27. The van der Waals surface area contributed by atoms with E-state index in [1.165, 1.54) is 0 Å². The topological polar surface area (TPSA) is 75.7 Å². The van der Waals surface area contributed by atoms with Crippen molar-refractivity contribution in [2.75, 3.05) is 16.2 Å². The predicted molar refractivity (Wildman–Crippen MR) is 134 cm³/mol. The van der Waals surface area contributed by atoms with Gasteiger partial charge in [0, 0.05) is 0 Å². The van der Waals surface area contributed by atoms with E-state index in [1.807, 2.05) is 37.3 Å². The first-order valence-electron chi connectivity index (χ1n) is 10.7. The van der Waals surface area contributed by atoms with E-state index in [9.17, 15) is 13.2 Å². The number of carbonyl (C=O) groups is 1. The van der Waals surface area contributed by atoms with Crippen LogP contribution in [0.1, 0.15) is 5.56 Å². The Morgan fingerprint density at radius 3 is 2.06 bits per heavy atom. The van der Waals surface area contributed by atoms with Gasteiger partial charge in [-0.1, -0.05) is 66.2 Å². The van der Waals surface area contributed by atoms with E-state index < -0.39 is 22.5 Å². The maximum absolute atomic E-state index is 13.5. The van der Waals surface area contributed by atoms with E-state index in [2.05, 4.69) is 5.32 Å². The standard InChI is InChI=1S/C27H24N2O4S/c1-21-16-18-24(19-17-21)34(31,32)29(22-10-4-2-5-11-22)20-27(30)28-25-14-8-9-15-26(25)33-23-12-6-3-7-13-23/h2-19H,20H2,1H3,(H,28,30). The number of rotatable bonds is 8. The van der Waals surface area contributed by atoms with Crippen LogP contribution in [-0.2, 0) is 14.8 Å². The third-order valence-corrected chi connectivity index (χ3v) is 6.86. The number of anilines is 2. The van der Waals surface area contributed by atoms with Gasteiger partial charge in [-0.2, -0.15) is 0 Å². The van der Waals surface area contributed by atoms with Crippen molar-refractivity contribution in [3.8, 4) is 11.5 Å². The SMILES string of the molecule is Cc1ccc(S(=O)(=O)N(CC(=O)Nc2ccccc2Oc2ccccc2)c2ccccc2)cc1. The van der Waals surface area contributed by atoms with Crippen molar-refractivity contribution < 1.29 is 17.9 Å². The molecule has 0 spiro atoms. The second-order valence-electron chi connectivity index (χ2n) is 7.62. The number of carbonyl (C=O) groups excluding carboxylic acids is 1. The lowest BCUT2D eigenvalue weighted by Gasteiger charge is -2.24. The molecule has 172 valence electrons. The van der Waals surface area contributed by atoms with Crippen LogP contribution in [0.4, 0.5) is 11.4 Å². The van der Waals surface area contributed by atoms with Gasteiger partial charge in [-0.3, -0.25) is 9.10 Å². The molecule has 1 amide bonds. The molecule has 0 atom stereocenters. The third kappa shape index (κ3) is 5.44. The lowest BCUT2D eigenvalue weighted by Crippen LogP contribution is -2.38. The molecular formula is C27H24N2O4S. The Bertz CT molecular complexity index is 1360. The summed E-state index contributed by atoms with van der Waals surface area (Å²) in [5.74, 6) is 0.579. The van der Waals surface area contributed by atoms with Crippen molar-refractivity contribution in [3.63, 3.8) is 0 Å². The first-order valence-corrected chi connectivity index (χ1v) is 12.1. The molecule has 0 saturated heterocycles. The average molecular weight is 473 g/mol. The second kappa shape index (κ2) is 10.2. The summed E-state index contributed by atoms with van der Waals surface area (Å²) < 4.78 is 33.9. The van der Waals surface area contributed by atoms with Gasteiger partial charge < -0.3 is 10.1 Å². The van der Waals surface area contributed by atoms with Crippen LogP contribution in [0.25, 0.3) is 0 Å². The second-order valence-corrected chi connectivity index (χ2v) is 9.48. The van der Waals surface area contributed by atoms with Crippen LogP contribution in [0.5, 0.6) is 11.5 Å². The Hall–Kier alpha value is -4.10. The summed E-state index contributed by atoms with van der Waals surface area (Å²) in [7, 11) is -3.98. The summed E-state index contributed by atoms with van der Waals surface area (Å²) in [6.07, 6.45) is 0. The Morgan fingerprint density at radius 2 is 1.38 bits per heavy atom. The molecule has 34 heavy (non-hydrogen) atoms. The summed E-state index contributed by atoms with van der Waals surface area (Å²) in [5.41, 5.74) is 1.78. The van der Waals surface area contributed by atoms with Crippen molar-refractivity contribution in [1.29, 1.82) is 0 Å². The highest BCUT2D eigenvalue weighted by molar-refractivity contribution is 7.92. The van der Waals surface area contributed by atoms with Gasteiger partial charge in [-0.25, -0.2) is 8.42 Å². The largest absolute Gasteiger partial charge is 0.455 e. The lowest BCUT2D eigenvalue weighted by molar-refractivity contribution is -0.114. The summed E-state index contributed by atoms with van der Waals surface area (Å²) in [6.45, 7) is 1.48. The van der Waals surface area contributed by atoms with E-state index >= 15 is 0 Å². The number of sulfonamides is 1. The Morgan fingerprint density at radius 1 is 0.794 bits per heavy atom. The molecule has 0 fully saturated rings. The fourth-order valence-corrected chi connectivity index (χ4v) is 4.76.